The third-order valence-corrected chi connectivity index (χ3v) is 2.30. The Morgan fingerprint density at radius 1 is 1.33 bits per heavy atom. The predicted octanol–water partition coefficient (Wildman–Crippen LogP) is 1.60. The Labute approximate surface area is 110 Å². The second kappa shape index (κ2) is 7.59. The number of amides is 1. The Kier molecular flexibility index (Phi) is 7.25. The van der Waals surface area contributed by atoms with Gasteiger partial charge in [0.05, 0.1) is 6.10 Å². The smallest absolute Gasteiger partial charge is 0.407 e. The minimum absolute atomic E-state index is 0.333. The Hall–Kier alpha value is -0.810. The van der Waals surface area contributed by atoms with Gasteiger partial charge in [0.25, 0.3) is 0 Å². The van der Waals surface area contributed by atoms with Gasteiger partial charge in [0.15, 0.2) is 0 Å². The van der Waals surface area contributed by atoms with Crippen molar-refractivity contribution in [2.45, 2.75) is 59.3 Å². The summed E-state index contributed by atoms with van der Waals surface area (Å²) in [5.74, 6) is 0. The van der Waals surface area contributed by atoms with Crippen LogP contribution in [0.25, 0.3) is 0 Å². The molecule has 0 fully saturated rings. The summed E-state index contributed by atoms with van der Waals surface area (Å²) < 4.78 is 5.14. The zero-order valence-electron chi connectivity index (χ0n) is 12.5. The highest BCUT2D eigenvalue weighted by Gasteiger charge is 2.16. The molecule has 0 bridgehead atoms. The summed E-state index contributed by atoms with van der Waals surface area (Å²) in [5, 5.41) is 12.1. The lowest BCUT2D eigenvalue weighted by Gasteiger charge is -2.28. The number of ether oxygens (including phenoxy) is 1. The molecule has 0 aliphatic heterocycles. The van der Waals surface area contributed by atoms with E-state index in [2.05, 4.69) is 24.1 Å². The highest BCUT2D eigenvalue weighted by atomic mass is 16.6. The van der Waals surface area contributed by atoms with Crippen LogP contribution in [0.1, 0.15) is 41.5 Å². The molecule has 0 rings (SSSR count). The molecule has 1 amide bonds. The van der Waals surface area contributed by atoms with Crippen LogP contribution in [-0.4, -0.2) is 53.5 Å². The maximum absolute atomic E-state index is 11.4. The number of alkyl carbamates (subject to hydrolysis) is 1. The third kappa shape index (κ3) is 9.24. The van der Waals surface area contributed by atoms with Crippen LogP contribution < -0.4 is 5.32 Å². The van der Waals surface area contributed by atoms with Crippen molar-refractivity contribution in [3.63, 3.8) is 0 Å². The minimum atomic E-state index is -0.471. The average Bonchev–Trinajstić information content (AvgIpc) is 2.12. The molecule has 0 aromatic carbocycles. The quantitative estimate of drug-likeness (QED) is 0.761. The van der Waals surface area contributed by atoms with E-state index in [9.17, 15) is 9.90 Å². The van der Waals surface area contributed by atoms with Crippen LogP contribution >= 0.6 is 0 Å². The van der Waals surface area contributed by atoms with Crippen molar-refractivity contribution in [1.82, 2.24) is 10.2 Å². The maximum atomic E-state index is 11.4. The second-order valence-electron chi connectivity index (χ2n) is 5.87. The van der Waals surface area contributed by atoms with Crippen molar-refractivity contribution in [1.29, 1.82) is 0 Å². The lowest BCUT2D eigenvalue weighted by molar-refractivity contribution is 0.0512. The number of nitrogens with zero attached hydrogens (tertiary/aromatic N) is 1. The number of aliphatic hydroxyl groups is 1. The summed E-state index contributed by atoms with van der Waals surface area (Å²) >= 11 is 0. The van der Waals surface area contributed by atoms with E-state index in [1.165, 1.54) is 0 Å². The molecule has 0 aromatic rings. The molecule has 0 spiro atoms. The first-order chi connectivity index (χ1) is 8.11. The molecule has 0 saturated heterocycles. The van der Waals surface area contributed by atoms with Gasteiger partial charge in [0.2, 0.25) is 0 Å². The molecule has 0 saturated carbocycles. The molecule has 5 nitrogen and oxygen atoms in total. The number of carbonyl (C=O) groups excluding carboxylic acids is 1. The van der Waals surface area contributed by atoms with Crippen molar-refractivity contribution in [2.24, 2.45) is 0 Å². The van der Waals surface area contributed by atoms with Crippen LogP contribution in [0.4, 0.5) is 4.79 Å². The molecular formula is C13H28N2O3. The SMILES string of the molecule is CC(O)CN(CCNC(=O)OC(C)(C)C)C(C)C. The van der Waals surface area contributed by atoms with Crippen molar-refractivity contribution < 1.29 is 14.6 Å². The molecule has 108 valence electrons. The van der Waals surface area contributed by atoms with Crippen LogP contribution in [0.15, 0.2) is 0 Å². The van der Waals surface area contributed by atoms with Gasteiger partial charge < -0.3 is 15.2 Å². The van der Waals surface area contributed by atoms with Crippen LogP contribution in [0.5, 0.6) is 0 Å². The third-order valence-electron chi connectivity index (χ3n) is 2.30. The Morgan fingerprint density at radius 3 is 2.28 bits per heavy atom. The van der Waals surface area contributed by atoms with Crippen LogP contribution in [0.3, 0.4) is 0 Å². The lowest BCUT2D eigenvalue weighted by atomic mass is 10.2. The Bertz CT molecular complexity index is 247. The molecule has 0 heterocycles. The predicted molar refractivity (Wildman–Crippen MR) is 72.6 cm³/mol. The fourth-order valence-corrected chi connectivity index (χ4v) is 1.52. The van der Waals surface area contributed by atoms with E-state index in [1.54, 1.807) is 6.92 Å². The van der Waals surface area contributed by atoms with Crippen molar-refractivity contribution >= 4 is 6.09 Å². The summed E-state index contributed by atoms with van der Waals surface area (Å²) in [5.41, 5.74) is -0.471. The molecule has 0 aromatic heterocycles. The molecule has 0 aliphatic rings. The summed E-state index contributed by atoms with van der Waals surface area (Å²) in [7, 11) is 0. The topological polar surface area (TPSA) is 61.8 Å². The van der Waals surface area contributed by atoms with E-state index in [0.29, 0.717) is 25.7 Å². The van der Waals surface area contributed by atoms with E-state index in [1.807, 2.05) is 20.8 Å². The van der Waals surface area contributed by atoms with E-state index in [4.69, 9.17) is 4.74 Å². The van der Waals surface area contributed by atoms with E-state index >= 15 is 0 Å². The number of aliphatic hydroxyl groups excluding tert-OH is 1. The summed E-state index contributed by atoms with van der Waals surface area (Å²) in [6.07, 6.45) is -0.767. The first-order valence-electron chi connectivity index (χ1n) is 6.51. The van der Waals surface area contributed by atoms with E-state index in [-0.39, 0.29) is 6.10 Å². The normalized spacial score (nSPS) is 13.8. The monoisotopic (exact) mass is 260 g/mol. The average molecular weight is 260 g/mol. The highest BCUT2D eigenvalue weighted by molar-refractivity contribution is 5.67. The van der Waals surface area contributed by atoms with Gasteiger partial charge in [-0.3, -0.25) is 4.90 Å². The van der Waals surface area contributed by atoms with Crippen molar-refractivity contribution in [3.8, 4) is 0 Å². The van der Waals surface area contributed by atoms with Gasteiger partial charge in [-0.15, -0.1) is 0 Å². The molecule has 18 heavy (non-hydrogen) atoms. The second-order valence-corrected chi connectivity index (χ2v) is 5.87. The summed E-state index contributed by atoms with van der Waals surface area (Å²) in [6.45, 7) is 13.2. The molecule has 0 aliphatic carbocycles. The number of nitrogens with one attached hydrogen (secondary N) is 1. The van der Waals surface area contributed by atoms with Gasteiger partial charge in [0.1, 0.15) is 5.60 Å². The zero-order valence-corrected chi connectivity index (χ0v) is 12.5. The fraction of sp³-hybridized carbons (Fsp3) is 0.923. The van der Waals surface area contributed by atoms with Crippen LogP contribution in [0, 0.1) is 0 Å². The van der Waals surface area contributed by atoms with E-state index < -0.39 is 11.7 Å². The molecule has 1 unspecified atom stereocenters. The van der Waals surface area contributed by atoms with Gasteiger partial charge in [-0.1, -0.05) is 0 Å². The van der Waals surface area contributed by atoms with Crippen molar-refractivity contribution in [3.05, 3.63) is 0 Å². The van der Waals surface area contributed by atoms with Crippen LogP contribution in [-0.2, 0) is 4.74 Å². The Morgan fingerprint density at radius 2 is 1.89 bits per heavy atom. The summed E-state index contributed by atoms with van der Waals surface area (Å²) in [4.78, 5) is 13.5. The number of rotatable bonds is 6. The van der Waals surface area contributed by atoms with Gasteiger partial charge in [-0.25, -0.2) is 4.79 Å². The first kappa shape index (κ1) is 17.2. The number of carbonyl (C=O) groups is 1. The van der Waals surface area contributed by atoms with Gasteiger partial charge >= 0.3 is 6.09 Å². The summed E-state index contributed by atoms with van der Waals surface area (Å²) in [6, 6.07) is 0.333. The lowest BCUT2D eigenvalue weighted by Crippen LogP contribution is -2.42. The van der Waals surface area contributed by atoms with Gasteiger partial charge in [0, 0.05) is 25.7 Å². The highest BCUT2D eigenvalue weighted by Crippen LogP contribution is 2.06. The largest absolute Gasteiger partial charge is 0.444 e. The van der Waals surface area contributed by atoms with E-state index in [0.717, 1.165) is 0 Å². The standard InChI is InChI=1S/C13H28N2O3/c1-10(2)15(9-11(3)16)8-7-14-12(17)18-13(4,5)6/h10-11,16H,7-9H2,1-6H3,(H,14,17). The zero-order chi connectivity index (χ0) is 14.3. The molecule has 5 heteroatoms. The fourth-order valence-electron chi connectivity index (χ4n) is 1.52. The van der Waals surface area contributed by atoms with Gasteiger partial charge in [-0.2, -0.15) is 0 Å². The Balaban J connectivity index is 3.96. The first-order valence-corrected chi connectivity index (χ1v) is 6.51. The molecule has 2 N–H and O–H groups in total. The molecular weight excluding hydrogens is 232 g/mol. The van der Waals surface area contributed by atoms with Gasteiger partial charge in [-0.05, 0) is 41.5 Å². The molecule has 0 radical (unpaired) electrons. The number of hydrogen-bond donors (Lipinski definition) is 2. The maximum Gasteiger partial charge on any atom is 0.407 e. The van der Waals surface area contributed by atoms with Crippen molar-refractivity contribution in [2.75, 3.05) is 19.6 Å². The molecule has 1 atom stereocenters. The number of hydrogen-bond acceptors (Lipinski definition) is 4. The minimum Gasteiger partial charge on any atom is -0.444 e. The van der Waals surface area contributed by atoms with Crippen LogP contribution in [0.2, 0.25) is 0 Å².